The number of ether oxygens (including phenoxy) is 1. The maximum Gasteiger partial charge on any atom is 0.261 e. The van der Waals surface area contributed by atoms with Crippen LogP contribution in [0.25, 0.3) is 0 Å². The van der Waals surface area contributed by atoms with Gasteiger partial charge in [0.15, 0.2) is 6.61 Å². The average molecular weight is 588 g/mol. The zero-order valence-corrected chi connectivity index (χ0v) is 22.1. The highest BCUT2D eigenvalue weighted by Gasteiger charge is 2.31. The number of carbonyl (C=O) groups excluding carboxylic acids is 2. The molecule has 0 bridgehead atoms. The monoisotopic (exact) mass is 588 g/mol. The normalized spacial score (nSPS) is 12.5. The summed E-state index contributed by atoms with van der Waals surface area (Å²) in [5, 5.41) is 3.03. The lowest BCUT2D eigenvalue weighted by Gasteiger charge is -2.32. The molecule has 0 unspecified atom stereocenters. The standard InChI is InChI=1S/C28H30FIN2O3/c1-3-20(2)31-28(34)26(17-21-7-5-4-6-8-21)32(18-22-9-11-23(29)12-10-22)27(33)19-35-25-15-13-24(30)14-16-25/h4-16,20,26H,3,17-19H2,1-2H3,(H,31,34)/t20-,26-/m0/s1. The molecule has 0 spiro atoms. The second-order valence-corrected chi connectivity index (χ2v) is 9.66. The molecule has 0 saturated carbocycles. The average Bonchev–Trinajstić information content (AvgIpc) is 2.87. The molecule has 2 amide bonds. The topological polar surface area (TPSA) is 58.6 Å². The van der Waals surface area contributed by atoms with Crippen molar-refractivity contribution in [3.05, 3.63) is 99.4 Å². The van der Waals surface area contributed by atoms with Crippen molar-refractivity contribution in [1.29, 1.82) is 0 Å². The van der Waals surface area contributed by atoms with Crippen molar-refractivity contribution in [2.75, 3.05) is 6.61 Å². The van der Waals surface area contributed by atoms with Gasteiger partial charge in [-0.3, -0.25) is 9.59 Å². The Kier molecular flexibility index (Phi) is 10.1. The number of nitrogens with zero attached hydrogens (tertiary/aromatic N) is 1. The first-order valence-corrected chi connectivity index (χ1v) is 12.7. The molecule has 35 heavy (non-hydrogen) atoms. The number of hydrogen-bond donors (Lipinski definition) is 1. The van der Waals surface area contributed by atoms with Crippen molar-refractivity contribution in [3.8, 4) is 5.75 Å². The summed E-state index contributed by atoms with van der Waals surface area (Å²) in [5.74, 6) is -0.339. The van der Waals surface area contributed by atoms with Crippen molar-refractivity contribution in [2.45, 2.75) is 45.3 Å². The van der Waals surface area contributed by atoms with E-state index in [1.807, 2.05) is 56.3 Å². The van der Waals surface area contributed by atoms with E-state index in [2.05, 4.69) is 27.9 Å². The van der Waals surface area contributed by atoms with Crippen molar-refractivity contribution < 1.29 is 18.7 Å². The molecule has 184 valence electrons. The molecule has 3 aromatic rings. The van der Waals surface area contributed by atoms with Crippen molar-refractivity contribution in [1.82, 2.24) is 10.2 Å². The highest BCUT2D eigenvalue weighted by molar-refractivity contribution is 14.1. The fourth-order valence-electron chi connectivity index (χ4n) is 3.54. The number of carbonyl (C=O) groups is 2. The molecule has 1 N–H and O–H groups in total. The van der Waals surface area contributed by atoms with E-state index >= 15 is 0 Å². The number of halogens is 2. The fourth-order valence-corrected chi connectivity index (χ4v) is 3.90. The zero-order valence-electron chi connectivity index (χ0n) is 19.9. The van der Waals surface area contributed by atoms with Gasteiger partial charge in [0, 0.05) is 22.6 Å². The summed E-state index contributed by atoms with van der Waals surface area (Å²) in [5.41, 5.74) is 1.66. The number of nitrogens with one attached hydrogen (secondary N) is 1. The summed E-state index contributed by atoms with van der Waals surface area (Å²) in [6.07, 6.45) is 1.12. The first kappa shape index (κ1) is 26.7. The van der Waals surface area contributed by atoms with Crippen molar-refractivity contribution >= 4 is 34.4 Å². The van der Waals surface area contributed by atoms with Crippen LogP contribution in [0.1, 0.15) is 31.4 Å². The van der Waals surface area contributed by atoms with Gasteiger partial charge in [0.25, 0.3) is 5.91 Å². The van der Waals surface area contributed by atoms with Gasteiger partial charge in [0.05, 0.1) is 0 Å². The Bertz CT molecular complexity index is 1090. The van der Waals surface area contributed by atoms with Gasteiger partial charge in [0.2, 0.25) is 5.91 Å². The van der Waals surface area contributed by atoms with Gasteiger partial charge in [-0.05, 0) is 83.5 Å². The van der Waals surface area contributed by atoms with Crippen LogP contribution in [0.4, 0.5) is 4.39 Å². The molecule has 0 heterocycles. The van der Waals surface area contributed by atoms with Crippen LogP contribution in [0.3, 0.4) is 0 Å². The predicted octanol–water partition coefficient (Wildman–Crippen LogP) is 5.36. The molecule has 0 aliphatic heterocycles. The van der Waals surface area contributed by atoms with Gasteiger partial charge in [-0.2, -0.15) is 0 Å². The summed E-state index contributed by atoms with van der Waals surface area (Å²) < 4.78 is 20.3. The molecular weight excluding hydrogens is 558 g/mol. The minimum absolute atomic E-state index is 0.0356. The number of amides is 2. The van der Waals surface area contributed by atoms with Crippen LogP contribution in [0, 0.1) is 9.39 Å². The minimum Gasteiger partial charge on any atom is -0.484 e. The van der Waals surface area contributed by atoms with Gasteiger partial charge in [-0.25, -0.2) is 4.39 Å². The van der Waals surface area contributed by atoms with Crippen molar-refractivity contribution in [2.24, 2.45) is 0 Å². The zero-order chi connectivity index (χ0) is 25.2. The lowest BCUT2D eigenvalue weighted by Crippen LogP contribution is -2.53. The lowest BCUT2D eigenvalue weighted by atomic mass is 10.0. The first-order valence-electron chi connectivity index (χ1n) is 11.6. The van der Waals surface area contributed by atoms with Gasteiger partial charge < -0.3 is 15.0 Å². The number of benzene rings is 3. The third-order valence-corrected chi connectivity index (χ3v) is 6.43. The van der Waals surface area contributed by atoms with Crippen LogP contribution in [-0.4, -0.2) is 35.4 Å². The van der Waals surface area contributed by atoms with E-state index < -0.39 is 6.04 Å². The smallest absolute Gasteiger partial charge is 0.261 e. The Morgan fingerprint density at radius 3 is 2.26 bits per heavy atom. The van der Waals surface area contributed by atoms with Crippen molar-refractivity contribution in [3.63, 3.8) is 0 Å². The maximum absolute atomic E-state index is 13.5. The summed E-state index contributed by atoms with van der Waals surface area (Å²) in [6.45, 7) is 3.86. The van der Waals surface area contributed by atoms with E-state index in [9.17, 15) is 14.0 Å². The van der Waals surface area contributed by atoms with E-state index in [-0.39, 0.29) is 36.8 Å². The number of hydrogen-bond acceptors (Lipinski definition) is 3. The van der Waals surface area contributed by atoms with Gasteiger partial charge in [-0.1, -0.05) is 49.4 Å². The molecule has 0 aliphatic rings. The summed E-state index contributed by atoms with van der Waals surface area (Å²) in [6, 6.07) is 22.2. The van der Waals surface area contributed by atoms with Gasteiger partial charge in [-0.15, -0.1) is 0 Å². The van der Waals surface area contributed by atoms with E-state index in [4.69, 9.17) is 4.74 Å². The maximum atomic E-state index is 13.5. The third-order valence-electron chi connectivity index (χ3n) is 5.71. The van der Waals surface area contributed by atoms with E-state index in [1.54, 1.807) is 24.3 Å². The summed E-state index contributed by atoms with van der Waals surface area (Å²) >= 11 is 2.20. The fraction of sp³-hybridized carbons (Fsp3) is 0.286. The second kappa shape index (κ2) is 13.2. The van der Waals surface area contributed by atoms with Gasteiger partial charge in [0.1, 0.15) is 17.6 Å². The lowest BCUT2D eigenvalue weighted by molar-refractivity contribution is -0.143. The van der Waals surface area contributed by atoms with E-state index in [0.29, 0.717) is 12.2 Å². The quantitative estimate of drug-likeness (QED) is 0.307. The number of rotatable bonds is 11. The highest BCUT2D eigenvalue weighted by atomic mass is 127. The Labute approximate surface area is 219 Å². The summed E-state index contributed by atoms with van der Waals surface area (Å²) in [4.78, 5) is 28.4. The molecule has 3 rings (SSSR count). The van der Waals surface area contributed by atoms with E-state index in [1.165, 1.54) is 17.0 Å². The SMILES string of the molecule is CC[C@H](C)NC(=O)[C@H](Cc1ccccc1)N(Cc1ccc(F)cc1)C(=O)COc1ccc(I)cc1. The molecule has 0 fully saturated rings. The largest absolute Gasteiger partial charge is 0.484 e. The van der Waals surface area contributed by atoms with Crippen LogP contribution in [0.2, 0.25) is 0 Å². The summed E-state index contributed by atoms with van der Waals surface area (Å²) in [7, 11) is 0. The molecule has 0 saturated heterocycles. The highest BCUT2D eigenvalue weighted by Crippen LogP contribution is 2.18. The molecule has 5 nitrogen and oxygen atoms in total. The molecule has 2 atom stereocenters. The molecule has 0 aliphatic carbocycles. The van der Waals surface area contributed by atoms with Crippen LogP contribution in [0.15, 0.2) is 78.9 Å². The third kappa shape index (κ3) is 8.35. The minimum atomic E-state index is -0.760. The molecule has 3 aromatic carbocycles. The molecule has 0 aromatic heterocycles. The van der Waals surface area contributed by atoms with Crippen LogP contribution in [-0.2, 0) is 22.6 Å². The second-order valence-electron chi connectivity index (χ2n) is 8.41. The molecule has 7 heteroatoms. The Morgan fingerprint density at radius 2 is 1.63 bits per heavy atom. The Balaban J connectivity index is 1.89. The molecular formula is C28H30FIN2O3. The predicted molar refractivity (Wildman–Crippen MR) is 143 cm³/mol. The van der Waals surface area contributed by atoms with E-state index in [0.717, 1.165) is 21.1 Å². The molecule has 0 radical (unpaired) electrons. The van der Waals surface area contributed by atoms with Crippen LogP contribution < -0.4 is 10.1 Å². The van der Waals surface area contributed by atoms with Crippen LogP contribution >= 0.6 is 22.6 Å². The Morgan fingerprint density at radius 1 is 0.971 bits per heavy atom. The van der Waals surface area contributed by atoms with Gasteiger partial charge >= 0.3 is 0 Å². The van der Waals surface area contributed by atoms with Crippen LogP contribution in [0.5, 0.6) is 5.75 Å². The Hall–Kier alpha value is -2.94. The first-order chi connectivity index (χ1) is 16.9.